The molecule has 0 fully saturated rings. The van der Waals surface area contributed by atoms with Crippen molar-refractivity contribution in [3.8, 4) is 0 Å². The minimum Gasteiger partial charge on any atom is -0.444 e. The number of pyridine rings is 1. The van der Waals surface area contributed by atoms with Gasteiger partial charge in [0.25, 0.3) is 0 Å². The van der Waals surface area contributed by atoms with Gasteiger partial charge in [-0.3, -0.25) is 9.69 Å². The highest BCUT2D eigenvalue weighted by molar-refractivity contribution is 6.03. The first-order valence-corrected chi connectivity index (χ1v) is 10.7. The average Bonchev–Trinajstić information content (AvgIpc) is 2.62. The monoisotopic (exact) mass is 435 g/mol. The van der Waals surface area contributed by atoms with E-state index in [0.29, 0.717) is 24.9 Å². The van der Waals surface area contributed by atoms with Crippen molar-refractivity contribution < 1.29 is 23.9 Å². The van der Waals surface area contributed by atoms with Gasteiger partial charge in [0.2, 0.25) is 0 Å². The molecule has 174 valence electrons. The Labute approximate surface area is 185 Å². The zero-order chi connectivity index (χ0) is 23.8. The SMILES string of the molecule is CC[C@H](C)N(C(=O)OC(C)(C)C)c1ncccc1C(=O)CCCNC(=O)OC(C)(C)C. The van der Waals surface area contributed by atoms with Gasteiger partial charge in [0.15, 0.2) is 5.78 Å². The van der Waals surface area contributed by atoms with Crippen LogP contribution >= 0.6 is 0 Å². The summed E-state index contributed by atoms with van der Waals surface area (Å²) < 4.78 is 10.7. The Balaban J connectivity index is 2.91. The van der Waals surface area contributed by atoms with Gasteiger partial charge >= 0.3 is 12.2 Å². The standard InChI is InChI=1S/C23H37N3O5/c1-9-16(2)26(21(29)31-23(6,7)8)19-17(12-10-14-24-19)18(27)13-11-15-25-20(28)30-22(3,4)5/h10,12,14,16H,9,11,13,15H2,1-8H3,(H,25,28)/t16-/m0/s1. The van der Waals surface area contributed by atoms with Crippen LogP contribution in [0.2, 0.25) is 0 Å². The number of alkyl carbamates (subject to hydrolysis) is 1. The van der Waals surface area contributed by atoms with Gasteiger partial charge in [0.05, 0.1) is 5.56 Å². The van der Waals surface area contributed by atoms with E-state index in [-0.39, 0.29) is 24.1 Å². The Morgan fingerprint density at radius 2 is 1.71 bits per heavy atom. The smallest absolute Gasteiger partial charge is 0.416 e. The van der Waals surface area contributed by atoms with Crippen molar-refractivity contribution >= 4 is 23.8 Å². The molecule has 0 saturated heterocycles. The number of nitrogens with one attached hydrogen (secondary N) is 1. The first-order valence-electron chi connectivity index (χ1n) is 10.7. The van der Waals surface area contributed by atoms with Crippen LogP contribution in [0.25, 0.3) is 0 Å². The molecule has 0 aromatic carbocycles. The molecule has 0 aliphatic heterocycles. The Bertz CT molecular complexity index is 765. The normalized spacial score (nSPS) is 12.6. The lowest BCUT2D eigenvalue weighted by molar-refractivity contribution is 0.0522. The number of ketones is 1. The van der Waals surface area contributed by atoms with E-state index >= 15 is 0 Å². The van der Waals surface area contributed by atoms with E-state index in [4.69, 9.17) is 9.47 Å². The lowest BCUT2D eigenvalue weighted by atomic mass is 10.1. The number of anilines is 1. The Morgan fingerprint density at radius 3 is 2.26 bits per heavy atom. The lowest BCUT2D eigenvalue weighted by Crippen LogP contribution is -2.43. The van der Waals surface area contributed by atoms with Crippen molar-refractivity contribution in [2.75, 3.05) is 11.4 Å². The number of hydrogen-bond donors (Lipinski definition) is 1. The molecule has 1 heterocycles. The van der Waals surface area contributed by atoms with Crippen molar-refractivity contribution in [1.29, 1.82) is 0 Å². The van der Waals surface area contributed by atoms with Crippen LogP contribution in [0.15, 0.2) is 18.3 Å². The molecule has 0 aliphatic rings. The third-order valence-corrected chi connectivity index (χ3v) is 4.19. The highest BCUT2D eigenvalue weighted by atomic mass is 16.6. The maximum atomic E-state index is 12.9. The second-order valence-electron chi connectivity index (χ2n) is 9.44. The molecule has 31 heavy (non-hydrogen) atoms. The zero-order valence-corrected chi connectivity index (χ0v) is 20.1. The molecule has 1 N–H and O–H groups in total. The fraction of sp³-hybridized carbons (Fsp3) is 0.652. The number of carbonyl (C=O) groups is 3. The Morgan fingerprint density at radius 1 is 1.10 bits per heavy atom. The second kappa shape index (κ2) is 11.1. The largest absolute Gasteiger partial charge is 0.444 e. The van der Waals surface area contributed by atoms with E-state index in [1.807, 2.05) is 13.8 Å². The lowest BCUT2D eigenvalue weighted by Gasteiger charge is -2.31. The highest BCUT2D eigenvalue weighted by Crippen LogP contribution is 2.25. The van der Waals surface area contributed by atoms with Crippen molar-refractivity contribution in [3.05, 3.63) is 23.9 Å². The Hall–Kier alpha value is -2.64. The maximum Gasteiger partial charge on any atom is 0.416 e. The van der Waals surface area contributed by atoms with Gasteiger partial charge in [-0.2, -0.15) is 0 Å². The van der Waals surface area contributed by atoms with E-state index in [1.165, 1.54) is 4.90 Å². The maximum absolute atomic E-state index is 12.9. The first kappa shape index (κ1) is 26.4. The predicted octanol–water partition coefficient (Wildman–Crippen LogP) is 5.11. The molecule has 1 atom stereocenters. The topological polar surface area (TPSA) is 97.8 Å². The molecule has 1 aromatic rings. The summed E-state index contributed by atoms with van der Waals surface area (Å²) in [5.41, 5.74) is -0.897. The quantitative estimate of drug-likeness (QED) is 0.450. The van der Waals surface area contributed by atoms with Crippen LogP contribution in [-0.2, 0) is 9.47 Å². The van der Waals surface area contributed by atoms with E-state index in [2.05, 4.69) is 10.3 Å². The molecule has 8 heteroatoms. The molecule has 0 spiro atoms. The number of carbonyl (C=O) groups excluding carboxylic acids is 3. The van der Waals surface area contributed by atoms with Gasteiger partial charge < -0.3 is 14.8 Å². The van der Waals surface area contributed by atoms with Crippen molar-refractivity contribution in [2.24, 2.45) is 0 Å². The van der Waals surface area contributed by atoms with Gasteiger partial charge in [-0.1, -0.05) is 6.92 Å². The molecular weight excluding hydrogens is 398 g/mol. The third kappa shape index (κ3) is 9.36. The minimum atomic E-state index is -0.672. The Kier molecular flexibility index (Phi) is 9.46. The van der Waals surface area contributed by atoms with Crippen LogP contribution in [0.4, 0.5) is 15.4 Å². The number of nitrogens with zero attached hydrogens (tertiary/aromatic N) is 2. The number of Topliss-reactive ketones (excluding diaryl/α,β-unsaturated/α-hetero) is 1. The molecule has 8 nitrogen and oxygen atoms in total. The number of hydrogen-bond acceptors (Lipinski definition) is 6. The fourth-order valence-corrected chi connectivity index (χ4v) is 2.66. The molecular formula is C23H37N3O5. The van der Waals surface area contributed by atoms with Crippen LogP contribution in [0, 0.1) is 0 Å². The van der Waals surface area contributed by atoms with Crippen LogP contribution in [0.3, 0.4) is 0 Å². The molecule has 0 unspecified atom stereocenters. The molecule has 0 bridgehead atoms. The van der Waals surface area contributed by atoms with Crippen molar-refractivity contribution in [2.45, 2.75) is 91.9 Å². The summed E-state index contributed by atoms with van der Waals surface area (Å²) in [6.07, 6.45) is 1.79. The number of ether oxygens (including phenoxy) is 2. The van der Waals surface area contributed by atoms with Crippen LogP contribution < -0.4 is 10.2 Å². The number of aromatic nitrogens is 1. The van der Waals surface area contributed by atoms with Crippen molar-refractivity contribution in [1.82, 2.24) is 10.3 Å². The zero-order valence-electron chi connectivity index (χ0n) is 20.1. The van der Waals surface area contributed by atoms with Crippen LogP contribution in [-0.4, -0.2) is 46.7 Å². The van der Waals surface area contributed by atoms with Crippen LogP contribution in [0.1, 0.15) is 85.0 Å². The summed E-state index contributed by atoms with van der Waals surface area (Å²) >= 11 is 0. The van der Waals surface area contributed by atoms with Gasteiger partial charge in [-0.15, -0.1) is 0 Å². The predicted molar refractivity (Wildman–Crippen MR) is 121 cm³/mol. The summed E-state index contributed by atoms with van der Waals surface area (Å²) in [5, 5.41) is 2.64. The number of rotatable bonds is 8. The van der Waals surface area contributed by atoms with Gasteiger partial charge in [-0.25, -0.2) is 14.6 Å². The van der Waals surface area contributed by atoms with E-state index in [0.717, 1.165) is 0 Å². The minimum absolute atomic E-state index is 0.161. The van der Waals surface area contributed by atoms with Gasteiger partial charge in [0, 0.05) is 25.2 Å². The average molecular weight is 436 g/mol. The summed E-state index contributed by atoms with van der Waals surface area (Å²) in [7, 11) is 0. The van der Waals surface area contributed by atoms with Gasteiger partial charge in [0.1, 0.15) is 17.0 Å². The van der Waals surface area contributed by atoms with Gasteiger partial charge in [-0.05, 0) is 73.4 Å². The highest BCUT2D eigenvalue weighted by Gasteiger charge is 2.30. The van der Waals surface area contributed by atoms with E-state index in [9.17, 15) is 14.4 Å². The molecule has 1 rings (SSSR count). The first-order chi connectivity index (χ1) is 14.2. The van der Waals surface area contributed by atoms with Crippen molar-refractivity contribution in [3.63, 3.8) is 0 Å². The summed E-state index contributed by atoms with van der Waals surface area (Å²) in [6.45, 7) is 14.9. The van der Waals surface area contributed by atoms with E-state index < -0.39 is 23.4 Å². The molecule has 0 saturated carbocycles. The second-order valence-corrected chi connectivity index (χ2v) is 9.44. The molecule has 0 aliphatic carbocycles. The number of amides is 2. The molecule has 0 radical (unpaired) electrons. The fourth-order valence-electron chi connectivity index (χ4n) is 2.66. The van der Waals surface area contributed by atoms with Crippen LogP contribution in [0.5, 0.6) is 0 Å². The van der Waals surface area contributed by atoms with E-state index in [1.54, 1.807) is 59.9 Å². The summed E-state index contributed by atoms with van der Waals surface area (Å²) in [6, 6.07) is 3.12. The third-order valence-electron chi connectivity index (χ3n) is 4.19. The summed E-state index contributed by atoms with van der Waals surface area (Å²) in [4.78, 5) is 43.3. The summed E-state index contributed by atoms with van der Waals surface area (Å²) in [5.74, 6) is 0.127. The molecule has 1 aromatic heterocycles. The molecule has 2 amide bonds.